The van der Waals surface area contributed by atoms with Crippen molar-refractivity contribution in [1.29, 1.82) is 5.26 Å². The van der Waals surface area contributed by atoms with E-state index >= 15 is 0 Å². The summed E-state index contributed by atoms with van der Waals surface area (Å²) in [5.74, 6) is -1.03. The van der Waals surface area contributed by atoms with Crippen LogP contribution in [0.1, 0.15) is 11.1 Å². The fourth-order valence-corrected chi connectivity index (χ4v) is 1.33. The monoisotopic (exact) mass is 210 g/mol. The van der Waals surface area contributed by atoms with E-state index < -0.39 is 5.97 Å². The third kappa shape index (κ3) is 2.15. The fraction of sp³-hybridized carbons (Fsp3) is 0.111. The number of nitrogens with two attached hydrogens (primary N) is 1. The number of carboxylic acids is 1. The van der Waals surface area contributed by atoms with E-state index in [2.05, 4.69) is 0 Å². The number of carbonyl (C=O) groups is 1. The Morgan fingerprint density at radius 3 is 2.79 bits per heavy atom. The van der Waals surface area contributed by atoms with Crippen LogP contribution >= 0.6 is 11.6 Å². The average molecular weight is 211 g/mol. The number of halogens is 1. The normalized spacial score (nSPS) is 9.43. The van der Waals surface area contributed by atoms with Crippen LogP contribution in [0.4, 0.5) is 5.69 Å². The van der Waals surface area contributed by atoms with Gasteiger partial charge in [0.15, 0.2) is 0 Å². The quantitative estimate of drug-likeness (QED) is 0.723. The molecule has 1 aromatic carbocycles. The third-order valence-corrected chi connectivity index (χ3v) is 1.92. The molecule has 0 spiro atoms. The maximum Gasteiger partial charge on any atom is 0.307 e. The van der Waals surface area contributed by atoms with Crippen LogP contribution in [0.2, 0.25) is 5.02 Å². The highest BCUT2D eigenvalue weighted by atomic mass is 35.5. The summed E-state index contributed by atoms with van der Waals surface area (Å²) in [6.45, 7) is 0. The van der Waals surface area contributed by atoms with Crippen LogP contribution in [0.5, 0.6) is 0 Å². The van der Waals surface area contributed by atoms with Gasteiger partial charge in [0.25, 0.3) is 0 Å². The molecular formula is C9H7ClN2O2. The van der Waals surface area contributed by atoms with Gasteiger partial charge in [-0.3, -0.25) is 4.79 Å². The molecule has 0 radical (unpaired) electrons. The molecular weight excluding hydrogens is 204 g/mol. The Morgan fingerprint density at radius 1 is 1.64 bits per heavy atom. The highest BCUT2D eigenvalue weighted by Gasteiger charge is 2.11. The van der Waals surface area contributed by atoms with E-state index in [9.17, 15) is 4.79 Å². The van der Waals surface area contributed by atoms with Gasteiger partial charge >= 0.3 is 5.97 Å². The molecule has 0 aliphatic carbocycles. The second kappa shape index (κ2) is 3.99. The number of hydrogen-bond donors (Lipinski definition) is 2. The molecule has 0 atom stereocenters. The third-order valence-electron chi connectivity index (χ3n) is 1.70. The second-order valence-corrected chi connectivity index (χ2v) is 3.14. The number of rotatable bonds is 2. The summed E-state index contributed by atoms with van der Waals surface area (Å²) in [6, 6.07) is 4.69. The molecule has 0 fully saturated rings. The first-order chi connectivity index (χ1) is 6.54. The molecule has 3 N–H and O–H groups in total. The number of hydrogen-bond acceptors (Lipinski definition) is 3. The largest absolute Gasteiger partial charge is 0.481 e. The van der Waals surface area contributed by atoms with Gasteiger partial charge in [0.05, 0.1) is 18.1 Å². The van der Waals surface area contributed by atoms with Gasteiger partial charge in [-0.05, 0) is 12.1 Å². The first kappa shape index (κ1) is 10.4. The van der Waals surface area contributed by atoms with Gasteiger partial charge < -0.3 is 10.8 Å². The van der Waals surface area contributed by atoms with Gasteiger partial charge in [0.1, 0.15) is 0 Å². The van der Waals surface area contributed by atoms with E-state index in [4.69, 9.17) is 27.7 Å². The molecule has 0 aromatic heterocycles. The molecule has 0 heterocycles. The molecule has 4 nitrogen and oxygen atoms in total. The van der Waals surface area contributed by atoms with Crippen molar-refractivity contribution in [3.8, 4) is 6.07 Å². The van der Waals surface area contributed by atoms with Crippen molar-refractivity contribution < 1.29 is 9.90 Å². The molecule has 72 valence electrons. The highest BCUT2D eigenvalue weighted by Crippen LogP contribution is 2.23. The zero-order valence-corrected chi connectivity index (χ0v) is 7.88. The number of nitrogens with zero attached hydrogens (tertiary/aromatic N) is 1. The summed E-state index contributed by atoms with van der Waals surface area (Å²) in [7, 11) is 0. The Bertz CT molecular complexity index is 424. The van der Waals surface area contributed by atoms with Crippen LogP contribution < -0.4 is 5.73 Å². The van der Waals surface area contributed by atoms with Crippen molar-refractivity contribution in [3.05, 3.63) is 28.3 Å². The van der Waals surface area contributed by atoms with E-state index in [-0.39, 0.29) is 17.7 Å². The summed E-state index contributed by atoms with van der Waals surface area (Å²) in [6.07, 6.45) is -0.272. The predicted molar refractivity (Wildman–Crippen MR) is 51.9 cm³/mol. The van der Waals surface area contributed by atoms with Crippen molar-refractivity contribution in [1.82, 2.24) is 0 Å². The van der Waals surface area contributed by atoms with E-state index in [0.29, 0.717) is 10.6 Å². The molecule has 0 unspecified atom stereocenters. The number of nitrogen functional groups attached to an aromatic ring is 1. The van der Waals surface area contributed by atoms with Crippen LogP contribution in [-0.4, -0.2) is 11.1 Å². The maximum atomic E-state index is 10.5. The summed E-state index contributed by atoms with van der Waals surface area (Å²) >= 11 is 5.66. The fourth-order valence-electron chi connectivity index (χ4n) is 1.11. The lowest BCUT2D eigenvalue weighted by molar-refractivity contribution is -0.136. The molecule has 0 saturated carbocycles. The van der Waals surface area contributed by atoms with Gasteiger partial charge in [-0.2, -0.15) is 5.26 Å². The van der Waals surface area contributed by atoms with E-state index in [1.807, 2.05) is 6.07 Å². The smallest absolute Gasteiger partial charge is 0.307 e. The van der Waals surface area contributed by atoms with E-state index in [1.165, 1.54) is 12.1 Å². The minimum Gasteiger partial charge on any atom is -0.481 e. The maximum absolute atomic E-state index is 10.5. The Kier molecular flexibility index (Phi) is 2.95. The van der Waals surface area contributed by atoms with E-state index in [1.54, 1.807) is 0 Å². The van der Waals surface area contributed by atoms with Crippen molar-refractivity contribution in [2.75, 3.05) is 5.73 Å². The van der Waals surface area contributed by atoms with Crippen LogP contribution in [0.3, 0.4) is 0 Å². The van der Waals surface area contributed by atoms with Crippen molar-refractivity contribution in [2.45, 2.75) is 6.42 Å². The van der Waals surface area contributed by atoms with Crippen molar-refractivity contribution >= 4 is 23.3 Å². The first-order valence-electron chi connectivity index (χ1n) is 3.74. The Balaban J connectivity index is 3.27. The van der Waals surface area contributed by atoms with Gasteiger partial charge in [0, 0.05) is 16.3 Å². The molecule has 0 aliphatic rings. The highest BCUT2D eigenvalue weighted by molar-refractivity contribution is 6.31. The summed E-state index contributed by atoms with van der Waals surface area (Å²) < 4.78 is 0. The van der Waals surface area contributed by atoms with Crippen molar-refractivity contribution in [3.63, 3.8) is 0 Å². The first-order valence-corrected chi connectivity index (χ1v) is 4.12. The standard InChI is InChI=1S/C9H7ClN2O2/c10-6-1-5(4-11)7(3-9(13)14)8(12)2-6/h1-2H,3,12H2,(H,13,14). The molecule has 14 heavy (non-hydrogen) atoms. The van der Waals surface area contributed by atoms with E-state index in [0.717, 1.165) is 0 Å². The Labute approximate surface area is 85.5 Å². The van der Waals surface area contributed by atoms with Crippen LogP contribution in [-0.2, 0) is 11.2 Å². The average Bonchev–Trinajstić information content (AvgIpc) is 2.08. The number of benzene rings is 1. The minimum atomic E-state index is -1.03. The number of anilines is 1. The van der Waals surface area contributed by atoms with Crippen molar-refractivity contribution in [2.24, 2.45) is 0 Å². The lowest BCUT2D eigenvalue weighted by Gasteiger charge is -2.05. The lowest BCUT2D eigenvalue weighted by atomic mass is 10.0. The van der Waals surface area contributed by atoms with Crippen LogP contribution in [0, 0.1) is 11.3 Å². The summed E-state index contributed by atoms with van der Waals surface area (Å²) in [5, 5.41) is 17.6. The predicted octanol–water partition coefficient (Wildman–Crippen LogP) is 1.42. The van der Waals surface area contributed by atoms with Gasteiger partial charge in [0.2, 0.25) is 0 Å². The van der Waals surface area contributed by atoms with Gasteiger partial charge in [-0.1, -0.05) is 11.6 Å². The number of aliphatic carboxylic acids is 1. The summed E-state index contributed by atoms with van der Waals surface area (Å²) in [5.41, 5.74) is 6.30. The van der Waals surface area contributed by atoms with Crippen LogP contribution in [0.15, 0.2) is 12.1 Å². The molecule has 0 saturated heterocycles. The minimum absolute atomic E-state index is 0.206. The lowest BCUT2D eigenvalue weighted by Crippen LogP contribution is -2.06. The topological polar surface area (TPSA) is 87.1 Å². The molecule has 0 amide bonds. The molecule has 0 aliphatic heterocycles. The second-order valence-electron chi connectivity index (χ2n) is 2.70. The Morgan fingerprint density at radius 2 is 2.29 bits per heavy atom. The van der Waals surface area contributed by atoms with Gasteiger partial charge in [-0.25, -0.2) is 0 Å². The zero-order valence-electron chi connectivity index (χ0n) is 7.12. The number of carboxylic acid groups (broad SMARTS) is 1. The SMILES string of the molecule is N#Cc1cc(Cl)cc(N)c1CC(=O)O. The molecule has 1 rings (SSSR count). The Hall–Kier alpha value is -1.73. The molecule has 0 bridgehead atoms. The zero-order chi connectivity index (χ0) is 10.7. The van der Waals surface area contributed by atoms with Gasteiger partial charge in [-0.15, -0.1) is 0 Å². The summed E-state index contributed by atoms with van der Waals surface area (Å²) in [4.78, 5) is 10.5. The van der Waals surface area contributed by atoms with Crippen LogP contribution in [0.25, 0.3) is 0 Å². The molecule has 1 aromatic rings. The number of nitriles is 1. The molecule has 5 heteroatoms.